The molecular weight excluding hydrogens is 294 g/mol. The first-order valence-electron chi connectivity index (χ1n) is 5.97. The van der Waals surface area contributed by atoms with Gasteiger partial charge in [0.25, 0.3) is 0 Å². The molecule has 3 nitrogen and oxygen atoms in total. The van der Waals surface area contributed by atoms with Gasteiger partial charge in [-0.3, -0.25) is 4.79 Å². The van der Waals surface area contributed by atoms with E-state index >= 15 is 0 Å². The predicted molar refractivity (Wildman–Crippen MR) is 76.4 cm³/mol. The molecule has 18 heavy (non-hydrogen) atoms. The molecule has 0 aliphatic carbocycles. The zero-order valence-corrected chi connectivity index (χ0v) is 12.9. The van der Waals surface area contributed by atoms with Crippen LogP contribution in [0.2, 0.25) is 0 Å². The van der Waals surface area contributed by atoms with E-state index in [1.54, 1.807) is 0 Å². The number of benzene rings is 1. The van der Waals surface area contributed by atoms with Gasteiger partial charge in [0, 0.05) is 4.47 Å². The van der Waals surface area contributed by atoms with Crippen molar-refractivity contribution in [1.82, 2.24) is 5.32 Å². The predicted octanol–water partition coefficient (Wildman–Crippen LogP) is 3.44. The molecule has 0 aromatic heterocycles. The third kappa shape index (κ3) is 5.65. The third-order valence-electron chi connectivity index (χ3n) is 2.36. The number of amides is 1. The highest BCUT2D eigenvalue weighted by Gasteiger charge is 2.14. The molecule has 1 aromatic rings. The van der Waals surface area contributed by atoms with Crippen molar-refractivity contribution < 1.29 is 9.53 Å². The molecule has 0 aliphatic heterocycles. The van der Waals surface area contributed by atoms with Crippen LogP contribution in [0.25, 0.3) is 0 Å². The van der Waals surface area contributed by atoms with Crippen LogP contribution in [0.3, 0.4) is 0 Å². The van der Waals surface area contributed by atoms with E-state index in [0.717, 1.165) is 10.0 Å². The van der Waals surface area contributed by atoms with Crippen molar-refractivity contribution in [1.29, 1.82) is 0 Å². The topological polar surface area (TPSA) is 38.3 Å². The monoisotopic (exact) mass is 313 g/mol. The lowest BCUT2D eigenvalue weighted by atomic mass is 10.1. The maximum Gasteiger partial charge on any atom is 0.246 e. The number of rotatable bonds is 4. The maximum absolute atomic E-state index is 11.7. The number of ether oxygens (including phenoxy) is 1. The summed E-state index contributed by atoms with van der Waals surface area (Å²) < 4.78 is 6.44. The second kappa shape index (κ2) is 6.34. The van der Waals surface area contributed by atoms with Gasteiger partial charge in [-0.2, -0.15) is 0 Å². The van der Waals surface area contributed by atoms with E-state index in [4.69, 9.17) is 4.74 Å². The van der Waals surface area contributed by atoms with Gasteiger partial charge in [-0.15, -0.1) is 0 Å². The number of hydrogen-bond acceptors (Lipinski definition) is 2. The summed E-state index contributed by atoms with van der Waals surface area (Å²) in [6.45, 7) is 7.83. The molecule has 0 radical (unpaired) electrons. The summed E-state index contributed by atoms with van der Waals surface area (Å²) >= 11 is 3.42. The van der Waals surface area contributed by atoms with Crippen molar-refractivity contribution in [2.75, 3.05) is 6.61 Å². The molecule has 0 bridgehead atoms. The molecule has 100 valence electrons. The van der Waals surface area contributed by atoms with Gasteiger partial charge >= 0.3 is 0 Å². The minimum atomic E-state index is -0.295. The molecule has 1 N–H and O–H groups in total. The fraction of sp³-hybridized carbons (Fsp3) is 0.500. The molecule has 0 unspecified atom stereocenters. The van der Waals surface area contributed by atoms with Crippen LogP contribution < -0.4 is 5.32 Å². The van der Waals surface area contributed by atoms with E-state index in [-0.39, 0.29) is 24.2 Å². The van der Waals surface area contributed by atoms with Gasteiger partial charge in [-0.1, -0.05) is 28.1 Å². The minimum absolute atomic E-state index is 0.0291. The molecule has 1 rings (SSSR count). The fourth-order valence-electron chi connectivity index (χ4n) is 1.42. The van der Waals surface area contributed by atoms with Gasteiger partial charge < -0.3 is 10.1 Å². The molecule has 1 amide bonds. The Labute approximate surface area is 117 Å². The average Bonchev–Trinajstić information content (AvgIpc) is 2.25. The standard InChI is InChI=1S/C14H20BrNO2/c1-10(11-6-5-7-12(15)8-11)16-13(17)9-18-14(2,3)4/h5-8,10H,9H2,1-4H3,(H,16,17)/t10-/m0/s1. The van der Waals surface area contributed by atoms with Crippen molar-refractivity contribution in [3.05, 3.63) is 34.3 Å². The maximum atomic E-state index is 11.7. The molecule has 0 saturated carbocycles. The first-order valence-corrected chi connectivity index (χ1v) is 6.76. The Bertz CT molecular complexity index is 413. The Morgan fingerprint density at radius 2 is 2.11 bits per heavy atom. The largest absolute Gasteiger partial charge is 0.366 e. The zero-order valence-electron chi connectivity index (χ0n) is 11.3. The van der Waals surface area contributed by atoms with Crippen molar-refractivity contribution in [2.24, 2.45) is 0 Å². The van der Waals surface area contributed by atoms with Gasteiger partial charge in [-0.25, -0.2) is 0 Å². The van der Waals surface area contributed by atoms with Gasteiger partial charge in [0.1, 0.15) is 6.61 Å². The lowest BCUT2D eigenvalue weighted by Gasteiger charge is -2.20. The van der Waals surface area contributed by atoms with Crippen molar-refractivity contribution in [3.63, 3.8) is 0 Å². The van der Waals surface area contributed by atoms with E-state index in [0.29, 0.717) is 0 Å². The molecule has 0 aliphatic rings. The van der Waals surface area contributed by atoms with E-state index in [2.05, 4.69) is 21.2 Å². The van der Waals surface area contributed by atoms with Gasteiger partial charge in [0.05, 0.1) is 11.6 Å². The summed E-state index contributed by atoms with van der Waals surface area (Å²) in [5.41, 5.74) is 0.768. The van der Waals surface area contributed by atoms with Crippen LogP contribution in [0.4, 0.5) is 0 Å². The van der Waals surface area contributed by atoms with Crippen LogP contribution in [-0.4, -0.2) is 18.1 Å². The highest BCUT2D eigenvalue weighted by molar-refractivity contribution is 9.10. The summed E-state index contributed by atoms with van der Waals surface area (Å²) in [5.74, 6) is -0.0996. The highest BCUT2D eigenvalue weighted by Crippen LogP contribution is 2.17. The Morgan fingerprint density at radius 1 is 1.44 bits per heavy atom. The minimum Gasteiger partial charge on any atom is -0.366 e. The molecule has 0 saturated heterocycles. The van der Waals surface area contributed by atoms with Crippen LogP contribution in [0.5, 0.6) is 0 Å². The van der Waals surface area contributed by atoms with Gasteiger partial charge in [0.2, 0.25) is 5.91 Å². The molecule has 0 spiro atoms. The quantitative estimate of drug-likeness (QED) is 0.924. The first kappa shape index (κ1) is 15.2. The van der Waals surface area contributed by atoms with Crippen molar-refractivity contribution >= 4 is 21.8 Å². The van der Waals surface area contributed by atoms with E-state index in [9.17, 15) is 4.79 Å². The van der Waals surface area contributed by atoms with E-state index < -0.39 is 0 Å². The second-order valence-electron chi connectivity index (χ2n) is 5.25. The second-order valence-corrected chi connectivity index (χ2v) is 6.16. The van der Waals surface area contributed by atoms with Gasteiger partial charge in [0.15, 0.2) is 0 Å². The molecule has 0 fully saturated rings. The fourth-order valence-corrected chi connectivity index (χ4v) is 1.84. The van der Waals surface area contributed by atoms with Crippen molar-refractivity contribution in [3.8, 4) is 0 Å². The lowest BCUT2D eigenvalue weighted by Crippen LogP contribution is -2.33. The summed E-state index contributed by atoms with van der Waals surface area (Å²) in [7, 11) is 0. The first-order chi connectivity index (χ1) is 8.28. The molecule has 1 aromatic carbocycles. The van der Waals surface area contributed by atoms with Crippen LogP contribution in [-0.2, 0) is 9.53 Å². The lowest BCUT2D eigenvalue weighted by molar-refractivity contribution is -0.131. The summed E-state index contributed by atoms with van der Waals surface area (Å²) in [5, 5.41) is 2.91. The Kier molecular flexibility index (Phi) is 5.35. The van der Waals surface area contributed by atoms with E-state index in [1.807, 2.05) is 52.0 Å². The smallest absolute Gasteiger partial charge is 0.246 e. The molecule has 4 heteroatoms. The van der Waals surface area contributed by atoms with Crippen LogP contribution >= 0.6 is 15.9 Å². The number of halogens is 1. The molecule has 1 atom stereocenters. The highest BCUT2D eigenvalue weighted by atomic mass is 79.9. The normalized spacial score (nSPS) is 13.2. The SMILES string of the molecule is C[C@H](NC(=O)COC(C)(C)C)c1cccc(Br)c1. The van der Waals surface area contributed by atoms with Crippen LogP contribution in [0.1, 0.15) is 39.3 Å². The summed E-state index contributed by atoms with van der Waals surface area (Å²) in [6.07, 6.45) is 0. The molecular formula is C14H20BrNO2. The summed E-state index contributed by atoms with van der Waals surface area (Å²) in [4.78, 5) is 11.7. The van der Waals surface area contributed by atoms with Crippen LogP contribution in [0, 0.1) is 0 Å². The number of nitrogens with one attached hydrogen (secondary N) is 1. The van der Waals surface area contributed by atoms with Crippen LogP contribution in [0.15, 0.2) is 28.7 Å². The summed E-state index contributed by atoms with van der Waals surface area (Å²) in [6, 6.07) is 7.86. The zero-order chi connectivity index (χ0) is 13.8. The van der Waals surface area contributed by atoms with Gasteiger partial charge in [-0.05, 0) is 45.4 Å². The third-order valence-corrected chi connectivity index (χ3v) is 2.86. The number of hydrogen-bond donors (Lipinski definition) is 1. The Morgan fingerprint density at radius 3 is 2.67 bits per heavy atom. The Hall–Kier alpha value is -0.870. The van der Waals surface area contributed by atoms with Crippen molar-refractivity contribution in [2.45, 2.75) is 39.3 Å². The Balaban J connectivity index is 2.50. The number of carbonyl (C=O) groups excluding carboxylic acids is 1. The average molecular weight is 314 g/mol. The number of carbonyl (C=O) groups is 1. The van der Waals surface area contributed by atoms with E-state index in [1.165, 1.54) is 0 Å². The molecule has 0 heterocycles.